The minimum atomic E-state index is -0.359. The van der Waals surface area contributed by atoms with Gasteiger partial charge in [0.2, 0.25) is 5.91 Å². The summed E-state index contributed by atoms with van der Waals surface area (Å²) in [7, 11) is 3.36. The molecule has 2 aromatic heterocycles. The van der Waals surface area contributed by atoms with Crippen LogP contribution in [0, 0.1) is 11.2 Å². The molecule has 1 aromatic carbocycles. The molecular weight excluding hydrogens is 457 g/mol. The van der Waals surface area contributed by atoms with Crippen molar-refractivity contribution in [2.45, 2.75) is 58.9 Å². The van der Waals surface area contributed by atoms with Crippen LogP contribution in [0.4, 0.5) is 4.39 Å². The maximum absolute atomic E-state index is 15.7. The van der Waals surface area contributed by atoms with Crippen molar-refractivity contribution in [1.29, 1.82) is 0 Å². The molecule has 36 heavy (non-hydrogen) atoms. The highest BCUT2D eigenvalue weighted by atomic mass is 19.1. The van der Waals surface area contributed by atoms with Gasteiger partial charge in [-0.15, -0.1) is 0 Å². The molecule has 3 aromatic rings. The summed E-state index contributed by atoms with van der Waals surface area (Å²) >= 11 is 0. The van der Waals surface area contributed by atoms with Crippen LogP contribution in [0.1, 0.15) is 74.0 Å². The number of H-pyrrole nitrogens is 1. The number of hydrogen-bond donors (Lipinski definition) is 2. The van der Waals surface area contributed by atoms with Crippen molar-refractivity contribution in [1.82, 2.24) is 25.0 Å². The van der Waals surface area contributed by atoms with Gasteiger partial charge >= 0.3 is 0 Å². The molecular formula is C28H36FN5O2. The number of aromatic nitrogens is 3. The van der Waals surface area contributed by atoms with Crippen molar-refractivity contribution in [2.24, 2.45) is 5.41 Å². The van der Waals surface area contributed by atoms with Gasteiger partial charge in [-0.05, 0) is 60.9 Å². The highest BCUT2D eigenvalue weighted by molar-refractivity contribution is 5.99. The smallest absolute Gasteiger partial charge is 0.269 e. The highest BCUT2D eigenvalue weighted by Gasteiger charge is 2.50. The number of benzene rings is 1. The molecule has 7 nitrogen and oxygen atoms in total. The average Bonchev–Trinajstić information content (AvgIpc) is 3.23. The van der Waals surface area contributed by atoms with E-state index in [1.807, 2.05) is 36.0 Å². The lowest BCUT2D eigenvalue weighted by atomic mass is 9.92. The number of nitrogens with one attached hydrogen (secondary N) is 2. The van der Waals surface area contributed by atoms with Crippen molar-refractivity contribution in [3.63, 3.8) is 0 Å². The van der Waals surface area contributed by atoms with Gasteiger partial charge in [0.25, 0.3) is 5.91 Å². The first kappa shape index (κ1) is 25.7. The molecule has 8 heteroatoms. The lowest BCUT2D eigenvalue weighted by molar-refractivity contribution is -0.126. The van der Waals surface area contributed by atoms with E-state index in [1.54, 1.807) is 26.4 Å². The van der Waals surface area contributed by atoms with E-state index in [-0.39, 0.29) is 29.0 Å². The molecule has 1 fully saturated rings. The van der Waals surface area contributed by atoms with Crippen LogP contribution in [0.3, 0.4) is 0 Å². The molecule has 2 N–H and O–H groups in total. The minimum Gasteiger partial charge on any atom is -0.355 e. The fraction of sp³-hybridized carbons (Fsp3) is 0.464. The zero-order valence-corrected chi connectivity index (χ0v) is 21.8. The van der Waals surface area contributed by atoms with Gasteiger partial charge in [-0.3, -0.25) is 14.3 Å². The number of nitrogens with zero attached hydrogens (tertiary/aromatic N) is 3. The van der Waals surface area contributed by atoms with E-state index in [0.717, 1.165) is 29.4 Å². The summed E-state index contributed by atoms with van der Waals surface area (Å²) in [6, 6.07) is 5.53. The fourth-order valence-electron chi connectivity index (χ4n) is 4.73. The molecule has 192 valence electrons. The minimum absolute atomic E-state index is 0.0589. The third-order valence-corrected chi connectivity index (χ3v) is 7.05. The van der Waals surface area contributed by atoms with E-state index in [9.17, 15) is 9.59 Å². The van der Waals surface area contributed by atoms with E-state index in [2.05, 4.69) is 29.2 Å². The highest BCUT2D eigenvalue weighted by Crippen LogP contribution is 2.47. The Morgan fingerprint density at radius 3 is 2.64 bits per heavy atom. The Morgan fingerprint density at radius 2 is 2.06 bits per heavy atom. The van der Waals surface area contributed by atoms with Gasteiger partial charge in [0, 0.05) is 44.0 Å². The monoisotopic (exact) mass is 493 g/mol. The quantitative estimate of drug-likeness (QED) is 0.385. The number of halogens is 1. The number of aromatic amines is 1. The molecule has 0 atom stereocenters. The van der Waals surface area contributed by atoms with Crippen molar-refractivity contribution in [2.75, 3.05) is 20.6 Å². The van der Waals surface area contributed by atoms with Gasteiger partial charge in [0.05, 0.1) is 17.5 Å². The van der Waals surface area contributed by atoms with Gasteiger partial charge in [-0.2, -0.15) is 5.10 Å². The number of hydrogen-bond acceptors (Lipinski definition) is 3. The van der Waals surface area contributed by atoms with E-state index < -0.39 is 0 Å². The molecule has 0 unspecified atom stereocenters. The average molecular weight is 494 g/mol. The van der Waals surface area contributed by atoms with Gasteiger partial charge in [-0.1, -0.05) is 26.8 Å². The summed E-state index contributed by atoms with van der Waals surface area (Å²) in [4.78, 5) is 29.8. The Morgan fingerprint density at radius 1 is 1.31 bits per heavy atom. The number of rotatable bonds is 10. The van der Waals surface area contributed by atoms with Gasteiger partial charge in [-0.25, -0.2) is 4.39 Å². The van der Waals surface area contributed by atoms with Crippen LogP contribution < -0.4 is 5.32 Å². The van der Waals surface area contributed by atoms with Crippen molar-refractivity contribution < 1.29 is 14.0 Å². The Labute approximate surface area is 211 Å². The van der Waals surface area contributed by atoms with Crippen LogP contribution in [0.5, 0.6) is 0 Å². The Bertz CT molecular complexity index is 1280. The van der Waals surface area contributed by atoms with Crippen LogP contribution in [0.2, 0.25) is 0 Å². The number of carbonyl (C=O) groups excluding carboxylic acids is 2. The molecule has 0 saturated heterocycles. The normalized spacial score (nSPS) is 14.9. The van der Waals surface area contributed by atoms with E-state index in [1.165, 1.54) is 4.90 Å². The van der Waals surface area contributed by atoms with Gasteiger partial charge in [0.15, 0.2) is 5.82 Å². The molecule has 2 heterocycles. The van der Waals surface area contributed by atoms with Crippen molar-refractivity contribution >= 4 is 28.3 Å². The molecule has 0 aliphatic heterocycles. The maximum Gasteiger partial charge on any atom is 0.269 e. The predicted molar refractivity (Wildman–Crippen MR) is 140 cm³/mol. The Hall–Kier alpha value is -3.42. The molecule has 1 aliphatic carbocycles. The predicted octanol–water partition coefficient (Wildman–Crippen LogP) is 5.11. The summed E-state index contributed by atoms with van der Waals surface area (Å²) in [6.45, 7) is 7.23. The SMILES string of the molecule is CC/C(=C\CCNC(=O)C1(Cn2cccn2)CC1)c1cc(C(C)C)c2cc(C(=O)N(C)C)[nH]c2c1F. The molecule has 4 rings (SSSR count). The van der Waals surface area contributed by atoms with E-state index in [4.69, 9.17) is 0 Å². The van der Waals surface area contributed by atoms with Gasteiger partial charge in [0.1, 0.15) is 5.69 Å². The Balaban J connectivity index is 1.52. The fourth-order valence-corrected chi connectivity index (χ4v) is 4.73. The topological polar surface area (TPSA) is 83.0 Å². The zero-order chi connectivity index (χ0) is 26.0. The number of allylic oxidation sites excluding steroid dienone is 1. The summed E-state index contributed by atoms with van der Waals surface area (Å²) in [5.74, 6) is -0.319. The molecule has 0 radical (unpaired) electrons. The first-order valence-corrected chi connectivity index (χ1v) is 12.7. The second-order valence-corrected chi connectivity index (χ2v) is 10.3. The third-order valence-electron chi connectivity index (χ3n) is 7.05. The summed E-state index contributed by atoms with van der Waals surface area (Å²) in [5, 5.41) is 8.03. The number of amides is 2. The standard InChI is InChI=1S/C28H36FN5O2/c1-6-19(9-7-12-30-27(36)28(10-11-28)17-34-14-8-13-31-34)21-15-20(18(2)3)22-16-23(26(35)33(4)5)32-25(22)24(21)29/h8-9,13-16,18,32H,6-7,10-12,17H2,1-5H3,(H,30,36)/b19-9+. The van der Waals surface area contributed by atoms with Crippen LogP contribution in [-0.2, 0) is 11.3 Å². The van der Waals surface area contributed by atoms with Gasteiger partial charge < -0.3 is 15.2 Å². The first-order valence-electron chi connectivity index (χ1n) is 12.7. The largest absolute Gasteiger partial charge is 0.355 e. The van der Waals surface area contributed by atoms with Crippen LogP contribution >= 0.6 is 0 Å². The van der Waals surface area contributed by atoms with Crippen LogP contribution in [0.25, 0.3) is 16.5 Å². The van der Waals surface area contributed by atoms with Crippen molar-refractivity contribution in [3.05, 3.63) is 59.3 Å². The summed E-state index contributed by atoms with van der Waals surface area (Å²) in [6.07, 6.45) is 8.61. The number of carbonyl (C=O) groups is 2. The molecule has 0 bridgehead atoms. The molecule has 0 spiro atoms. The van der Waals surface area contributed by atoms with Crippen LogP contribution in [-0.4, -0.2) is 52.1 Å². The maximum atomic E-state index is 15.7. The number of fused-ring (bicyclic) bond motifs is 1. The second kappa shape index (κ2) is 10.3. The molecule has 2 amide bonds. The molecule has 1 saturated carbocycles. The lowest BCUT2D eigenvalue weighted by Gasteiger charge is -2.16. The molecule has 1 aliphatic rings. The summed E-state index contributed by atoms with van der Waals surface area (Å²) in [5.41, 5.74) is 2.81. The first-order chi connectivity index (χ1) is 17.2. The second-order valence-electron chi connectivity index (χ2n) is 10.3. The zero-order valence-electron chi connectivity index (χ0n) is 21.8. The van der Waals surface area contributed by atoms with E-state index >= 15 is 4.39 Å². The van der Waals surface area contributed by atoms with Crippen molar-refractivity contribution in [3.8, 4) is 0 Å². The summed E-state index contributed by atoms with van der Waals surface area (Å²) < 4.78 is 17.5. The Kier molecular flexibility index (Phi) is 7.33. The van der Waals surface area contributed by atoms with E-state index in [0.29, 0.717) is 42.7 Å². The third kappa shape index (κ3) is 5.08. The lowest BCUT2D eigenvalue weighted by Crippen LogP contribution is -2.35. The van der Waals surface area contributed by atoms with Crippen LogP contribution in [0.15, 0.2) is 36.7 Å².